The second-order valence-corrected chi connectivity index (χ2v) is 6.46. The lowest BCUT2D eigenvalue weighted by Gasteiger charge is -2.15. The molecule has 0 fully saturated rings. The molecule has 0 saturated heterocycles. The lowest BCUT2D eigenvalue weighted by atomic mass is 10.2. The van der Waals surface area contributed by atoms with Crippen molar-refractivity contribution < 1.29 is 23.8 Å². The molecule has 0 aromatic heterocycles. The van der Waals surface area contributed by atoms with Gasteiger partial charge in [-0.2, -0.15) is 0 Å². The Kier molecular flexibility index (Phi) is 7.07. The Morgan fingerprint density at radius 2 is 1.39 bits per heavy atom. The van der Waals surface area contributed by atoms with Gasteiger partial charge in [0.1, 0.15) is 5.75 Å². The highest BCUT2D eigenvalue weighted by atomic mass is 16.6. The summed E-state index contributed by atoms with van der Waals surface area (Å²) in [6, 6.07) is 4.85. The third-order valence-corrected chi connectivity index (χ3v) is 2.86. The Hall–Kier alpha value is -2.04. The Bertz CT molecular complexity index is 546. The van der Waals surface area contributed by atoms with Crippen molar-refractivity contribution in [3.63, 3.8) is 0 Å². The highest BCUT2D eigenvalue weighted by molar-refractivity contribution is 5.78. The summed E-state index contributed by atoms with van der Waals surface area (Å²) in [6.07, 6.45) is 0. The number of hydrogen-bond acceptors (Lipinski definition) is 5. The van der Waals surface area contributed by atoms with Crippen molar-refractivity contribution in [1.82, 2.24) is 0 Å². The molecule has 0 N–H and O–H groups in total. The van der Waals surface area contributed by atoms with Crippen LogP contribution in [0.4, 0.5) is 0 Å². The molecule has 0 aliphatic carbocycles. The number of carbonyl (C=O) groups is 2. The minimum Gasteiger partial charge on any atom is -0.493 e. The topological polar surface area (TPSA) is 61.8 Å². The van der Waals surface area contributed by atoms with E-state index in [-0.39, 0.29) is 29.3 Å². The highest BCUT2D eigenvalue weighted by Crippen LogP contribution is 2.33. The molecule has 23 heavy (non-hydrogen) atoms. The standard InChI is InChI=1S/C18H26O5/c1-11(2)10-21-14-7-8-15(22-17(19)12(3)4)16(9-14)23-18(20)13(5)6/h7-9,11-13H,10H2,1-6H3. The van der Waals surface area contributed by atoms with Crippen LogP contribution in [-0.2, 0) is 9.59 Å². The van der Waals surface area contributed by atoms with Crippen molar-refractivity contribution in [3.8, 4) is 17.2 Å². The maximum absolute atomic E-state index is 11.9. The summed E-state index contributed by atoms with van der Waals surface area (Å²) in [5, 5.41) is 0. The van der Waals surface area contributed by atoms with E-state index in [1.54, 1.807) is 45.9 Å². The third-order valence-electron chi connectivity index (χ3n) is 2.86. The zero-order valence-corrected chi connectivity index (χ0v) is 14.7. The van der Waals surface area contributed by atoms with Crippen LogP contribution in [0.2, 0.25) is 0 Å². The second-order valence-electron chi connectivity index (χ2n) is 6.46. The Labute approximate surface area is 137 Å². The lowest BCUT2D eigenvalue weighted by Crippen LogP contribution is -2.18. The average Bonchev–Trinajstić information content (AvgIpc) is 2.46. The van der Waals surface area contributed by atoms with E-state index in [0.717, 1.165) is 0 Å². The predicted octanol–water partition coefficient (Wildman–Crippen LogP) is 3.84. The first kappa shape index (κ1) is 19.0. The highest BCUT2D eigenvalue weighted by Gasteiger charge is 2.18. The molecule has 0 heterocycles. The number of hydrogen-bond donors (Lipinski definition) is 0. The fraction of sp³-hybridized carbons (Fsp3) is 0.556. The molecule has 0 spiro atoms. The van der Waals surface area contributed by atoms with E-state index in [2.05, 4.69) is 0 Å². The molecule has 0 bridgehead atoms. The van der Waals surface area contributed by atoms with Gasteiger partial charge in [-0.15, -0.1) is 0 Å². The summed E-state index contributed by atoms with van der Waals surface area (Å²) in [5.74, 6) is -0.00165. The van der Waals surface area contributed by atoms with Gasteiger partial charge in [-0.1, -0.05) is 41.5 Å². The summed E-state index contributed by atoms with van der Waals surface area (Å²) in [6.45, 7) is 11.6. The molecule has 0 saturated carbocycles. The zero-order chi connectivity index (χ0) is 17.6. The molecule has 0 atom stereocenters. The number of rotatable bonds is 7. The fourth-order valence-corrected chi connectivity index (χ4v) is 1.46. The van der Waals surface area contributed by atoms with Crippen LogP contribution in [0.25, 0.3) is 0 Å². The quantitative estimate of drug-likeness (QED) is 0.564. The van der Waals surface area contributed by atoms with Gasteiger partial charge in [0.2, 0.25) is 0 Å². The van der Waals surface area contributed by atoms with Gasteiger partial charge in [0, 0.05) is 6.07 Å². The molecule has 0 aliphatic heterocycles. The lowest BCUT2D eigenvalue weighted by molar-refractivity contribution is -0.140. The Balaban J connectivity index is 3.02. The molecule has 128 valence electrons. The van der Waals surface area contributed by atoms with E-state index in [9.17, 15) is 9.59 Å². The number of ether oxygens (including phenoxy) is 3. The fourth-order valence-electron chi connectivity index (χ4n) is 1.46. The van der Waals surface area contributed by atoms with E-state index in [0.29, 0.717) is 18.3 Å². The minimum atomic E-state index is -0.396. The number of benzene rings is 1. The SMILES string of the molecule is CC(C)COc1ccc(OC(=O)C(C)C)c(OC(=O)C(C)C)c1. The van der Waals surface area contributed by atoms with Crippen molar-refractivity contribution in [2.45, 2.75) is 41.5 Å². The van der Waals surface area contributed by atoms with Gasteiger partial charge in [0.05, 0.1) is 18.4 Å². The van der Waals surface area contributed by atoms with Crippen LogP contribution in [0.5, 0.6) is 17.2 Å². The Morgan fingerprint density at radius 3 is 1.87 bits per heavy atom. The van der Waals surface area contributed by atoms with Crippen LogP contribution in [0.15, 0.2) is 18.2 Å². The van der Waals surface area contributed by atoms with Crippen LogP contribution >= 0.6 is 0 Å². The molecule has 0 radical (unpaired) electrons. The predicted molar refractivity (Wildman–Crippen MR) is 87.7 cm³/mol. The molecule has 0 amide bonds. The average molecular weight is 322 g/mol. The Morgan fingerprint density at radius 1 is 0.870 bits per heavy atom. The summed E-state index contributed by atoms with van der Waals surface area (Å²) < 4.78 is 16.3. The molecule has 1 aromatic rings. The van der Waals surface area contributed by atoms with Gasteiger partial charge in [-0.05, 0) is 18.1 Å². The van der Waals surface area contributed by atoms with Gasteiger partial charge < -0.3 is 14.2 Å². The summed E-state index contributed by atoms with van der Waals surface area (Å²) in [4.78, 5) is 23.6. The van der Waals surface area contributed by atoms with Gasteiger partial charge >= 0.3 is 11.9 Å². The zero-order valence-electron chi connectivity index (χ0n) is 14.7. The smallest absolute Gasteiger partial charge is 0.313 e. The molecular weight excluding hydrogens is 296 g/mol. The van der Waals surface area contributed by atoms with Crippen molar-refractivity contribution in [3.05, 3.63) is 18.2 Å². The number of esters is 2. The molecule has 1 aromatic carbocycles. The molecule has 1 rings (SSSR count). The normalized spacial score (nSPS) is 11.0. The van der Waals surface area contributed by atoms with E-state index in [1.807, 2.05) is 13.8 Å². The molecule has 0 unspecified atom stereocenters. The van der Waals surface area contributed by atoms with E-state index in [4.69, 9.17) is 14.2 Å². The van der Waals surface area contributed by atoms with E-state index >= 15 is 0 Å². The summed E-state index contributed by atoms with van der Waals surface area (Å²) in [5.41, 5.74) is 0. The molecule has 0 aliphatic rings. The van der Waals surface area contributed by atoms with Crippen molar-refractivity contribution in [2.75, 3.05) is 6.61 Å². The van der Waals surface area contributed by atoms with Crippen LogP contribution in [0.3, 0.4) is 0 Å². The van der Waals surface area contributed by atoms with Crippen molar-refractivity contribution in [2.24, 2.45) is 17.8 Å². The first-order chi connectivity index (χ1) is 10.7. The van der Waals surface area contributed by atoms with Crippen LogP contribution in [-0.4, -0.2) is 18.5 Å². The van der Waals surface area contributed by atoms with Gasteiger partial charge in [0.25, 0.3) is 0 Å². The van der Waals surface area contributed by atoms with Crippen molar-refractivity contribution in [1.29, 1.82) is 0 Å². The third kappa shape index (κ3) is 6.30. The monoisotopic (exact) mass is 322 g/mol. The minimum absolute atomic E-state index is 0.193. The second kappa shape index (κ2) is 8.56. The molecular formula is C18H26O5. The first-order valence-corrected chi connectivity index (χ1v) is 7.91. The van der Waals surface area contributed by atoms with Crippen LogP contribution in [0, 0.1) is 17.8 Å². The summed E-state index contributed by atoms with van der Waals surface area (Å²) >= 11 is 0. The maximum atomic E-state index is 11.9. The van der Waals surface area contributed by atoms with E-state index in [1.165, 1.54) is 0 Å². The molecule has 5 nitrogen and oxygen atoms in total. The van der Waals surface area contributed by atoms with Gasteiger partial charge in [-0.3, -0.25) is 9.59 Å². The van der Waals surface area contributed by atoms with Gasteiger partial charge in [-0.25, -0.2) is 0 Å². The maximum Gasteiger partial charge on any atom is 0.313 e. The summed E-state index contributed by atoms with van der Waals surface area (Å²) in [7, 11) is 0. The molecule has 5 heteroatoms. The first-order valence-electron chi connectivity index (χ1n) is 7.91. The van der Waals surface area contributed by atoms with Crippen LogP contribution in [0.1, 0.15) is 41.5 Å². The van der Waals surface area contributed by atoms with Gasteiger partial charge in [0.15, 0.2) is 11.5 Å². The van der Waals surface area contributed by atoms with Crippen molar-refractivity contribution >= 4 is 11.9 Å². The largest absolute Gasteiger partial charge is 0.493 e. The van der Waals surface area contributed by atoms with Crippen LogP contribution < -0.4 is 14.2 Å². The van der Waals surface area contributed by atoms with E-state index < -0.39 is 5.97 Å². The number of carbonyl (C=O) groups excluding carboxylic acids is 2.